The second-order valence-electron chi connectivity index (χ2n) is 8.35. The van der Waals surface area contributed by atoms with Gasteiger partial charge in [-0.05, 0) is 88.0 Å². The average molecular weight is 329 g/mol. The van der Waals surface area contributed by atoms with Crippen molar-refractivity contribution >= 4 is 5.91 Å². The summed E-state index contributed by atoms with van der Waals surface area (Å²) in [7, 11) is 0. The molecule has 0 aromatic carbocycles. The lowest BCUT2D eigenvalue weighted by molar-refractivity contribution is 0.0518. The third-order valence-electron chi connectivity index (χ3n) is 6.93. The van der Waals surface area contributed by atoms with Gasteiger partial charge in [-0.25, -0.2) is 4.79 Å². The predicted octanol–water partition coefficient (Wildman–Crippen LogP) is 3.45. The van der Waals surface area contributed by atoms with E-state index in [9.17, 15) is 9.59 Å². The zero-order valence-electron chi connectivity index (χ0n) is 14.8. The smallest absolute Gasteiger partial charge is 0.336 e. The number of carbonyl (C=O) groups excluding carboxylic acids is 1. The van der Waals surface area contributed by atoms with Gasteiger partial charge in [0.25, 0.3) is 5.91 Å². The minimum absolute atomic E-state index is 0.0998. The van der Waals surface area contributed by atoms with Crippen LogP contribution in [0.3, 0.4) is 0 Å². The number of carbonyl (C=O) groups is 1. The molecule has 6 atom stereocenters. The van der Waals surface area contributed by atoms with Crippen molar-refractivity contribution in [2.75, 3.05) is 0 Å². The maximum absolute atomic E-state index is 12.8. The van der Waals surface area contributed by atoms with Gasteiger partial charge in [-0.3, -0.25) is 4.79 Å². The highest BCUT2D eigenvalue weighted by molar-refractivity contribution is 5.96. The zero-order valence-corrected chi connectivity index (χ0v) is 14.8. The first-order valence-electron chi connectivity index (χ1n) is 9.36. The molecule has 0 aliphatic heterocycles. The molecule has 0 unspecified atom stereocenters. The van der Waals surface area contributed by atoms with Gasteiger partial charge in [0.05, 0.1) is 5.56 Å². The summed E-state index contributed by atoms with van der Waals surface area (Å²) < 4.78 is 5.12. The van der Waals surface area contributed by atoms with Gasteiger partial charge in [-0.2, -0.15) is 0 Å². The molecule has 1 aromatic rings. The summed E-state index contributed by atoms with van der Waals surface area (Å²) in [5.74, 6) is 4.33. The van der Waals surface area contributed by atoms with Crippen molar-refractivity contribution in [2.45, 2.75) is 58.9 Å². The molecule has 1 N–H and O–H groups in total. The SMILES string of the molecule is Cc1cc(=O)oc(C)c1C(=O)N[C@H](C)[C@@H]1[C@@H]2CC[C@H]3C[C@@H](C2)C[C@@H]31. The van der Waals surface area contributed by atoms with Crippen LogP contribution in [0.2, 0.25) is 0 Å². The van der Waals surface area contributed by atoms with Crippen molar-refractivity contribution in [1.29, 1.82) is 0 Å². The normalized spacial score (nSPS) is 35.0. The van der Waals surface area contributed by atoms with Gasteiger partial charge in [0, 0.05) is 12.1 Å². The average Bonchev–Trinajstić information content (AvgIpc) is 2.68. The molecule has 4 nitrogen and oxygen atoms in total. The Morgan fingerprint density at radius 1 is 1.21 bits per heavy atom. The molecule has 24 heavy (non-hydrogen) atoms. The summed E-state index contributed by atoms with van der Waals surface area (Å²) in [5.41, 5.74) is 0.822. The molecule has 4 rings (SSSR count). The number of fused-ring (bicyclic) bond motifs is 2. The largest absolute Gasteiger partial charge is 0.427 e. The monoisotopic (exact) mass is 329 g/mol. The molecule has 1 amide bonds. The molecule has 0 radical (unpaired) electrons. The van der Waals surface area contributed by atoms with E-state index >= 15 is 0 Å². The van der Waals surface area contributed by atoms with Gasteiger partial charge in [-0.1, -0.05) is 0 Å². The van der Waals surface area contributed by atoms with Crippen LogP contribution in [-0.2, 0) is 0 Å². The van der Waals surface area contributed by atoms with Gasteiger partial charge in [-0.15, -0.1) is 0 Å². The van der Waals surface area contributed by atoms with Gasteiger partial charge in [0.1, 0.15) is 5.76 Å². The van der Waals surface area contributed by atoms with Gasteiger partial charge in [0.2, 0.25) is 0 Å². The molecular weight excluding hydrogens is 302 g/mol. The van der Waals surface area contributed by atoms with Crippen LogP contribution in [0, 0.1) is 43.4 Å². The first-order valence-corrected chi connectivity index (χ1v) is 9.36. The number of hydrogen-bond acceptors (Lipinski definition) is 3. The Bertz CT molecular complexity index is 696. The highest BCUT2D eigenvalue weighted by atomic mass is 16.4. The Morgan fingerprint density at radius 3 is 2.67 bits per heavy atom. The molecule has 0 spiro atoms. The van der Waals surface area contributed by atoms with Crippen LogP contribution in [0.4, 0.5) is 0 Å². The topological polar surface area (TPSA) is 59.3 Å². The molecule has 3 aliphatic carbocycles. The standard InChI is InChI=1S/C20H27NO3/c1-10-6-17(22)24-12(3)18(10)20(23)21-11(2)19-15-5-4-14-7-13(8-15)9-16(14)19/h6,11,13-16,19H,4-5,7-9H2,1-3H3,(H,21,23)/t11-,13+,14+,15-,16+,19-/m1/s1. The van der Waals surface area contributed by atoms with Crippen LogP contribution < -0.4 is 10.9 Å². The highest BCUT2D eigenvalue weighted by Gasteiger charge is 2.51. The maximum atomic E-state index is 12.8. The molecular formula is C20H27NO3. The number of aryl methyl sites for hydroxylation is 2. The maximum Gasteiger partial charge on any atom is 0.336 e. The van der Waals surface area contributed by atoms with Crippen LogP contribution in [-0.4, -0.2) is 11.9 Å². The van der Waals surface area contributed by atoms with Crippen molar-refractivity contribution in [3.8, 4) is 0 Å². The van der Waals surface area contributed by atoms with Crippen molar-refractivity contribution < 1.29 is 9.21 Å². The molecule has 4 heteroatoms. The predicted molar refractivity (Wildman–Crippen MR) is 91.9 cm³/mol. The summed E-state index contributed by atoms with van der Waals surface area (Å²) in [6.07, 6.45) is 6.87. The second-order valence-corrected chi connectivity index (χ2v) is 8.35. The number of hydrogen-bond donors (Lipinski definition) is 1. The Balaban J connectivity index is 1.53. The zero-order chi connectivity index (χ0) is 17.0. The Labute approximate surface area is 143 Å². The van der Waals surface area contributed by atoms with Crippen LogP contribution in [0.25, 0.3) is 0 Å². The summed E-state index contributed by atoms with van der Waals surface area (Å²) in [6.45, 7) is 5.66. The van der Waals surface area contributed by atoms with E-state index in [1.165, 1.54) is 38.2 Å². The lowest BCUT2D eigenvalue weighted by atomic mass is 9.62. The molecule has 3 aliphatic rings. The molecule has 1 aromatic heterocycles. The van der Waals surface area contributed by atoms with Gasteiger partial charge >= 0.3 is 5.63 Å². The molecule has 3 saturated carbocycles. The molecule has 3 bridgehead atoms. The molecule has 1 heterocycles. The van der Waals surface area contributed by atoms with E-state index in [1.807, 2.05) is 0 Å². The number of rotatable bonds is 3. The quantitative estimate of drug-likeness (QED) is 0.924. The van der Waals surface area contributed by atoms with Crippen LogP contribution >= 0.6 is 0 Å². The van der Waals surface area contributed by atoms with Crippen molar-refractivity contribution in [2.24, 2.45) is 29.6 Å². The van der Waals surface area contributed by atoms with Crippen LogP contribution in [0.5, 0.6) is 0 Å². The minimum atomic E-state index is -0.392. The van der Waals surface area contributed by atoms with E-state index in [2.05, 4.69) is 12.2 Å². The van der Waals surface area contributed by atoms with E-state index in [-0.39, 0.29) is 11.9 Å². The Kier molecular flexibility index (Phi) is 3.81. The van der Waals surface area contributed by atoms with E-state index in [0.717, 1.165) is 23.7 Å². The third-order valence-corrected chi connectivity index (χ3v) is 6.93. The molecule has 130 valence electrons. The number of nitrogens with one attached hydrogen (secondary N) is 1. The first-order chi connectivity index (χ1) is 11.4. The summed E-state index contributed by atoms with van der Waals surface area (Å²) in [5, 5.41) is 3.23. The molecule has 0 saturated heterocycles. The summed E-state index contributed by atoms with van der Waals surface area (Å²) in [4.78, 5) is 24.2. The first kappa shape index (κ1) is 15.9. The van der Waals surface area contributed by atoms with E-state index in [0.29, 0.717) is 22.8 Å². The van der Waals surface area contributed by atoms with Gasteiger partial charge < -0.3 is 9.73 Å². The Morgan fingerprint density at radius 2 is 1.92 bits per heavy atom. The van der Waals surface area contributed by atoms with E-state index in [4.69, 9.17) is 4.42 Å². The van der Waals surface area contributed by atoms with Crippen molar-refractivity contribution in [3.05, 3.63) is 33.4 Å². The van der Waals surface area contributed by atoms with E-state index in [1.54, 1.807) is 13.8 Å². The second kappa shape index (κ2) is 5.75. The molecule has 3 fully saturated rings. The van der Waals surface area contributed by atoms with Crippen molar-refractivity contribution in [3.63, 3.8) is 0 Å². The summed E-state index contributed by atoms with van der Waals surface area (Å²) in [6, 6.07) is 1.58. The van der Waals surface area contributed by atoms with Gasteiger partial charge in [0.15, 0.2) is 0 Å². The highest BCUT2D eigenvalue weighted by Crippen LogP contribution is 2.58. The van der Waals surface area contributed by atoms with Crippen LogP contribution in [0.1, 0.15) is 60.7 Å². The fourth-order valence-electron chi connectivity index (χ4n) is 6.20. The third kappa shape index (κ3) is 2.51. The van der Waals surface area contributed by atoms with E-state index < -0.39 is 5.63 Å². The number of amides is 1. The fraction of sp³-hybridized carbons (Fsp3) is 0.700. The lowest BCUT2D eigenvalue weighted by Crippen LogP contribution is -2.48. The minimum Gasteiger partial charge on any atom is -0.427 e. The van der Waals surface area contributed by atoms with Crippen molar-refractivity contribution in [1.82, 2.24) is 5.32 Å². The lowest BCUT2D eigenvalue weighted by Gasteiger charge is -2.45. The fourth-order valence-corrected chi connectivity index (χ4v) is 6.20. The van der Waals surface area contributed by atoms with Crippen LogP contribution in [0.15, 0.2) is 15.3 Å². The summed E-state index contributed by atoms with van der Waals surface area (Å²) >= 11 is 0. The Hall–Kier alpha value is -1.58.